The van der Waals surface area contributed by atoms with E-state index in [2.05, 4.69) is 91.0 Å². The second-order valence-electron chi connectivity index (χ2n) is 14.8. The fourth-order valence-corrected chi connectivity index (χ4v) is 8.99. The van der Waals surface area contributed by atoms with Gasteiger partial charge < -0.3 is 17.7 Å². The van der Waals surface area contributed by atoms with Crippen molar-refractivity contribution in [3.05, 3.63) is 170 Å². The molecule has 0 N–H and O–H groups in total. The van der Waals surface area contributed by atoms with Gasteiger partial charge in [0, 0.05) is 60.0 Å². The smallest absolute Gasteiger partial charge is 0.231 e. The number of aromatic nitrogens is 2. The van der Waals surface area contributed by atoms with E-state index in [1.807, 2.05) is 78.9 Å². The lowest BCUT2D eigenvalue weighted by Gasteiger charge is -2.08. The zero-order valence-corrected chi connectivity index (χ0v) is 30.7. The molecular weight excluding hydrogens is 717 g/mol. The van der Waals surface area contributed by atoms with Gasteiger partial charge in [-0.05, 0) is 47.5 Å². The van der Waals surface area contributed by atoms with Crippen molar-refractivity contribution in [2.45, 2.75) is 0 Å². The molecule has 13 aromatic rings. The predicted molar refractivity (Wildman–Crippen MR) is 233 cm³/mol. The molecule has 0 bridgehead atoms. The van der Waals surface area contributed by atoms with Crippen LogP contribution in [0.3, 0.4) is 0 Å². The monoisotopic (exact) mass is 744 g/mol. The second kappa shape index (κ2) is 11.8. The van der Waals surface area contributed by atoms with Gasteiger partial charge in [-0.3, -0.25) is 0 Å². The van der Waals surface area contributed by atoms with E-state index in [0.717, 1.165) is 121 Å². The first-order valence-corrected chi connectivity index (χ1v) is 19.3. The molecule has 0 unspecified atom stereocenters. The van der Waals surface area contributed by atoms with Crippen LogP contribution < -0.4 is 0 Å². The van der Waals surface area contributed by atoms with Gasteiger partial charge in [0.1, 0.15) is 39.1 Å². The highest BCUT2D eigenvalue weighted by Crippen LogP contribution is 2.45. The van der Waals surface area contributed by atoms with Crippen LogP contribution in [-0.4, -0.2) is 9.97 Å². The van der Waals surface area contributed by atoms with Crippen molar-refractivity contribution in [2.75, 3.05) is 0 Å². The normalized spacial score (nSPS) is 12.1. The van der Waals surface area contributed by atoms with Gasteiger partial charge in [-0.2, -0.15) is 4.98 Å². The Bertz CT molecular complexity index is 3810. The standard InChI is InChI=1S/C52H28N2O4/c1-2-12-29(13-3-1)48-47-39-28-30(31-16-10-24-43-45(31)36-15-5-7-23-41(36)55-43)26-27-42(39)58-52(47)54-51(53-48)38-21-11-25-44-46(38)37-20-9-19-35(50(37)57-44)34-18-8-17-33-32-14-4-6-22-40(32)56-49(33)34/h1-28H. The Labute approximate surface area is 329 Å². The molecule has 5 aromatic heterocycles. The summed E-state index contributed by atoms with van der Waals surface area (Å²) in [5.41, 5.74) is 12.9. The van der Waals surface area contributed by atoms with Gasteiger partial charge >= 0.3 is 0 Å². The Hall–Kier alpha value is -7.96. The van der Waals surface area contributed by atoms with Crippen LogP contribution in [-0.2, 0) is 0 Å². The Morgan fingerprint density at radius 2 is 0.879 bits per heavy atom. The van der Waals surface area contributed by atoms with E-state index >= 15 is 0 Å². The Balaban J connectivity index is 1.03. The fraction of sp³-hybridized carbons (Fsp3) is 0. The first kappa shape index (κ1) is 31.3. The lowest BCUT2D eigenvalue weighted by Crippen LogP contribution is -1.94. The molecule has 5 heterocycles. The van der Waals surface area contributed by atoms with Gasteiger partial charge in [-0.25, -0.2) is 4.98 Å². The third-order valence-corrected chi connectivity index (χ3v) is 11.6. The van der Waals surface area contributed by atoms with E-state index in [9.17, 15) is 0 Å². The van der Waals surface area contributed by atoms with Crippen molar-refractivity contribution in [3.8, 4) is 44.9 Å². The van der Waals surface area contributed by atoms with Crippen molar-refractivity contribution in [1.82, 2.24) is 9.97 Å². The molecule has 0 amide bonds. The molecule has 0 aliphatic heterocycles. The van der Waals surface area contributed by atoms with Crippen LogP contribution in [0.4, 0.5) is 0 Å². The molecule has 270 valence electrons. The Morgan fingerprint density at radius 3 is 1.71 bits per heavy atom. The molecule has 0 saturated carbocycles. The SMILES string of the molecule is c1ccc(-c2nc(-c3cccc4oc5c(-c6cccc7c6oc6ccccc67)cccc5c34)nc3oc4ccc(-c5cccc6oc7ccccc7c56)cc4c23)cc1. The number of benzene rings is 8. The maximum absolute atomic E-state index is 6.75. The first-order valence-electron chi connectivity index (χ1n) is 19.3. The third-order valence-electron chi connectivity index (χ3n) is 11.6. The van der Waals surface area contributed by atoms with Gasteiger partial charge in [0.25, 0.3) is 0 Å². The summed E-state index contributed by atoms with van der Waals surface area (Å²) in [5, 5.41) is 8.05. The number of nitrogens with zero attached hydrogens (tertiary/aromatic N) is 2. The minimum absolute atomic E-state index is 0.519. The van der Waals surface area contributed by atoms with Crippen molar-refractivity contribution < 1.29 is 17.7 Å². The molecule has 8 aromatic carbocycles. The third kappa shape index (κ3) is 4.42. The lowest BCUT2D eigenvalue weighted by molar-refractivity contribution is 0.653. The molecule has 13 rings (SSSR count). The summed E-state index contributed by atoms with van der Waals surface area (Å²) >= 11 is 0. The van der Waals surface area contributed by atoms with Gasteiger partial charge in [0.15, 0.2) is 5.82 Å². The minimum atomic E-state index is 0.519. The summed E-state index contributed by atoms with van der Waals surface area (Å²) in [6, 6.07) is 57.8. The van der Waals surface area contributed by atoms with Crippen LogP contribution in [0.15, 0.2) is 188 Å². The number of rotatable bonds is 4. The molecule has 58 heavy (non-hydrogen) atoms. The molecule has 0 saturated heterocycles. The fourth-order valence-electron chi connectivity index (χ4n) is 8.99. The van der Waals surface area contributed by atoms with Crippen molar-refractivity contribution in [1.29, 1.82) is 0 Å². The first-order chi connectivity index (χ1) is 28.7. The van der Waals surface area contributed by atoms with E-state index in [0.29, 0.717) is 11.5 Å². The van der Waals surface area contributed by atoms with E-state index in [1.54, 1.807) is 0 Å². The number of fused-ring (bicyclic) bond motifs is 12. The quantitative estimate of drug-likeness (QED) is 0.179. The molecular formula is C52H28N2O4. The molecule has 0 atom stereocenters. The number of hydrogen-bond donors (Lipinski definition) is 0. The van der Waals surface area contributed by atoms with Crippen LogP contribution in [0.25, 0.3) is 133 Å². The summed E-state index contributed by atoms with van der Waals surface area (Å²) in [5.74, 6) is 0.554. The van der Waals surface area contributed by atoms with E-state index in [4.69, 9.17) is 27.6 Å². The van der Waals surface area contributed by atoms with Crippen molar-refractivity contribution >= 4 is 87.9 Å². The largest absolute Gasteiger partial charge is 0.456 e. The lowest BCUT2D eigenvalue weighted by atomic mass is 9.97. The van der Waals surface area contributed by atoms with Crippen LogP contribution in [0.5, 0.6) is 0 Å². The van der Waals surface area contributed by atoms with Crippen molar-refractivity contribution in [2.24, 2.45) is 0 Å². The summed E-state index contributed by atoms with van der Waals surface area (Å²) in [7, 11) is 0. The van der Waals surface area contributed by atoms with Crippen LogP contribution >= 0.6 is 0 Å². The van der Waals surface area contributed by atoms with E-state index < -0.39 is 0 Å². The van der Waals surface area contributed by atoms with Gasteiger partial charge in [0.2, 0.25) is 5.71 Å². The van der Waals surface area contributed by atoms with Gasteiger partial charge in [0.05, 0.1) is 11.1 Å². The number of hydrogen-bond acceptors (Lipinski definition) is 6. The second-order valence-corrected chi connectivity index (χ2v) is 14.8. The summed E-state index contributed by atoms with van der Waals surface area (Å²) in [4.78, 5) is 10.6. The number of para-hydroxylation sites is 4. The van der Waals surface area contributed by atoms with E-state index in [1.165, 1.54) is 0 Å². The summed E-state index contributed by atoms with van der Waals surface area (Å²) in [6.45, 7) is 0. The summed E-state index contributed by atoms with van der Waals surface area (Å²) in [6.07, 6.45) is 0. The average molecular weight is 745 g/mol. The van der Waals surface area contributed by atoms with Gasteiger partial charge in [-0.15, -0.1) is 0 Å². The van der Waals surface area contributed by atoms with Crippen LogP contribution in [0.2, 0.25) is 0 Å². The molecule has 0 radical (unpaired) electrons. The van der Waals surface area contributed by atoms with E-state index in [-0.39, 0.29) is 0 Å². The maximum atomic E-state index is 6.75. The Morgan fingerprint density at radius 1 is 0.310 bits per heavy atom. The minimum Gasteiger partial charge on any atom is -0.456 e. The van der Waals surface area contributed by atoms with Crippen molar-refractivity contribution in [3.63, 3.8) is 0 Å². The number of furan rings is 4. The predicted octanol–water partition coefficient (Wildman–Crippen LogP) is 14.7. The molecule has 6 nitrogen and oxygen atoms in total. The molecule has 6 heteroatoms. The highest BCUT2D eigenvalue weighted by Gasteiger charge is 2.23. The van der Waals surface area contributed by atoms with Crippen LogP contribution in [0.1, 0.15) is 0 Å². The highest BCUT2D eigenvalue weighted by molar-refractivity contribution is 6.19. The zero-order valence-electron chi connectivity index (χ0n) is 30.7. The Kier molecular flexibility index (Phi) is 6.35. The molecule has 0 spiro atoms. The topological polar surface area (TPSA) is 78.3 Å². The summed E-state index contributed by atoms with van der Waals surface area (Å²) < 4.78 is 26.1. The zero-order chi connectivity index (χ0) is 37.9. The van der Waals surface area contributed by atoms with Gasteiger partial charge in [-0.1, -0.05) is 133 Å². The highest BCUT2D eigenvalue weighted by atomic mass is 16.3. The molecule has 0 aliphatic carbocycles. The maximum Gasteiger partial charge on any atom is 0.231 e. The molecule has 0 aliphatic rings. The van der Waals surface area contributed by atoms with Crippen LogP contribution in [0, 0.1) is 0 Å². The average Bonchev–Trinajstić information content (AvgIpc) is 4.06. The molecule has 0 fully saturated rings.